The van der Waals surface area contributed by atoms with Crippen molar-refractivity contribution in [2.75, 3.05) is 40.3 Å². The van der Waals surface area contributed by atoms with Crippen LogP contribution >= 0.6 is 11.6 Å². The molecular formula is C17H27ClN4. The maximum absolute atomic E-state index is 6.05. The van der Waals surface area contributed by atoms with Crippen LogP contribution < -0.4 is 5.32 Å². The summed E-state index contributed by atoms with van der Waals surface area (Å²) in [4.78, 5) is 9.03. The fourth-order valence-corrected chi connectivity index (χ4v) is 3.18. The molecule has 0 aromatic heterocycles. The Labute approximate surface area is 139 Å². The maximum atomic E-state index is 6.05. The Balaban J connectivity index is 1.83. The van der Waals surface area contributed by atoms with Crippen LogP contribution in [0.15, 0.2) is 29.3 Å². The number of rotatable bonds is 5. The molecule has 1 N–H and O–H groups in total. The van der Waals surface area contributed by atoms with Gasteiger partial charge in [-0.25, -0.2) is 0 Å². The first-order valence-corrected chi connectivity index (χ1v) is 8.38. The first kappa shape index (κ1) is 17.1. The number of nitrogens with zero attached hydrogens (tertiary/aromatic N) is 3. The highest BCUT2D eigenvalue weighted by atomic mass is 35.5. The Morgan fingerprint density at radius 1 is 1.50 bits per heavy atom. The lowest BCUT2D eigenvalue weighted by atomic mass is 10.1. The SMILES string of the molecule is CCN1CCC(CNC(=NC)N(C)Cc2cccc(Cl)c2)C1. The van der Waals surface area contributed by atoms with E-state index in [2.05, 4.69) is 40.1 Å². The molecule has 22 heavy (non-hydrogen) atoms. The molecule has 0 bridgehead atoms. The number of halogens is 1. The van der Waals surface area contributed by atoms with Crippen molar-refractivity contribution < 1.29 is 0 Å². The molecule has 5 heteroatoms. The van der Waals surface area contributed by atoms with E-state index in [1.54, 1.807) is 0 Å². The standard InChI is InChI=1S/C17H27ClN4/c1-4-22-9-8-15(13-22)11-20-17(19-2)21(3)12-14-6-5-7-16(18)10-14/h5-7,10,15H,4,8-9,11-13H2,1-3H3,(H,19,20). The van der Waals surface area contributed by atoms with E-state index in [0.29, 0.717) is 0 Å². The molecule has 0 radical (unpaired) electrons. The van der Waals surface area contributed by atoms with Crippen molar-refractivity contribution in [1.82, 2.24) is 15.1 Å². The number of nitrogens with one attached hydrogen (secondary N) is 1. The van der Waals surface area contributed by atoms with Gasteiger partial charge in [-0.3, -0.25) is 4.99 Å². The monoisotopic (exact) mass is 322 g/mol. The van der Waals surface area contributed by atoms with Crippen LogP contribution in [0.3, 0.4) is 0 Å². The summed E-state index contributed by atoms with van der Waals surface area (Å²) in [5.41, 5.74) is 1.19. The molecule has 1 heterocycles. The third kappa shape index (κ3) is 4.89. The quantitative estimate of drug-likeness (QED) is 0.668. The summed E-state index contributed by atoms with van der Waals surface area (Å²) in [6.45, 7) is 7.58. The van der Waals surface area contributed by atoms with Crippen LogP contribution in [0.5, 0.6) is 0 Å². The zero-order valence-electron chi connectivity index (χ0n) is 13.8. The number of guanidine groups is 1. The lowest BCUT2D eigenvalue weighted by Gasteiger charge is -2.23. The van der Waals surface area contributed by atoms with E-state index in [-0.39, 0.29) is 0 Å². The average molecular weight is 323 g/mol. The third-order valence-corrected chi connectivity index (χ3v) is 4.48. The maximum Gasteiger partial charge on any atom is 0.193 e. The first-order chi connectivity index (χ1) is 10.6. The highest BCUT2D eigenvalue weighted by Gasteiger charge is 2.21. The van der Waals surface area contributed by atoms with Crippen LogP contribution in [0, 0.1) is 5.92 Å². The van der Waals surface area contributed by atoms with Crippen molar-refractivity contribution in [3.8, 4) is 0 Å². The lowest BCUT2D eigenvalue weighted by Crippen LogP contribution is -2.41. The number of aliphatic imine (C=N–C) groups is 1. The predicted octanol–water partition coefficient (Wildman–Crippen LogP) is 2.69. The van der Waals surface area contributed by atoms with Gasteiger partial charge in [-0.2, -0.15) is 0 Å². The fourth-order valence-electron chi connectivity index (χ4n) is 2.97. The Morgan fingerprint density at radius 3 is 2.95 bits per heavy atom. The summed E-state index contributed by atoms with van der Waals surface area (Å²) < 4.78 is 0. The van der Waals surface area contributed by atoms with Crippen LogP contribution in [0.1, 0.15) is 18.9 Å². The Kier molecular flexibility index (Phi) is 6.52. The molecular weight excluding hydrogens is 296 g/mol. The summed E-state index contributed by atoms with van der Waals surface area (Å²) in [6, 6.07) is 7.98. The number of benzene rings is 1. The van der Waals surface area contributed by atoms with E-state index in [1.165, 1.54) is 25.1 Å². The van der Waals surface area contributed by atoms with Crippen molar-refractivity contribution in [2.24, 2.45) is 10.9 Å². The van der Waals surface area contributed by atoms with E-state index in [1.807, 2.05) is 25.2 Å². The molecule has 1 atom stereocenters. The van der Waals surface area contributed by atoms with Gasteiger partial charge in [0.1, 0.15) is 0 Å². The molecule has 1 aliphatic rings. The number of hydrogen-bond donors (Lipinski definition) is 1. The van der Waals surface area contributed by atoms with Gasteiger partial charge in [0.15, 0.2) is 5.96 Å². The Hall–Kier alpha value is -1.26. The molecule has 0 saturated carbocycles. The molecule has 1 fully saturated rings. The minimum absolute atomic E-state index is 0.719. The average Bonchev–Trinajstić information content (AvgIpc) is 2.96. The molecule has 0 aliphatic carbocycles. The van der Waals surface area contributed by atoms with Gasteiger partial charge in [0.05, 0.1) is 0 Å². The van der Waals surface area contributed by atoms with Crippen LogP contribution in [0.25, 0.3) is 0 Å². The van der Waals surface area contributed by atoms with Gasteiger partial charge in [0.2, 0.25) is 0 Å². The normalized spacial score (nSPS) is 19.5. The molecule has 1 aromatic rings. The molecule has 4 nitrogen and oxygen atoms in total. The van der Waals surface area contributed by atoms with E-state index >= 15 is 0 Å². The molecule has 122 valence electrons. The largest absolute Gasteiger partial charge is 0.356 e. The van der Waals surface area contributed by atoms with Crippen LogP contribution in [-0.2, 0) is 6.54 Å². The number of likely N-dealkylation sites (tertiary alicyclic amines) is 1. The van der Waals surface area contributed by atoms with Gasteiger partial charge in [0, 0.05) is 38.8 Å². The van der Waals surface area contributed by atoms with E-state index in [4.69, 9.17) is 11.6 Å². The Bertz CT molecular complexity index is 503. The zero-order chi connectivity index (χ0) is 15.9. The van der Waals surface area contributed by atoms with Gasteiger partial charge in [-0.15, -0.1) is 0 Å². The summed E-state index contributed by atoms with van der Waals surface area (Å²) in [7, 11) is 3.90. The minimum atomic E-state index is 0.719. The second-order valence-electron chi connectivity index (χ2n) is 5.96. The van der Waals surface area contributed by atoms with Crippen LogP contribution in [0.4, 0.5) is 0 Å². The summed E-state index contributed by atoms with van der Waals surface area (Å²) >= 11 is 6.05. The van der Waals surface area contributed by atoms with E-state index < -0.39 is 0 Å². The van der Waals surface area contributed by atoms with Crippen molar-refractivity contribution >= 4 is 17.6 Å². The van der Waals surface area contributed by atoms with Crippen LogP contribution in [-0.4, -0.2) is 56.0 Å². The van der Waals surface area contributed by atoms with E-state index in [9.17, 15) is 0 Å². The van der Waals surface area contributed by atoms with Crippen molar-refractivity contribution in [3.63, 3.8) is 0 Å². The van der Waals surface area contributed by atoms with Crippen molar-refractivity contribution in [1.29, 1.82) is 0 Å². The molecule has 0 spiro atoms. The van der Waals surface area contributed by atoms with Gasteiger partial charge < -0.3 is 15.1 Å². The molecule has 1 aliphatic heterocycles. The zero-order valence-corrected chi connectivity index (χ0v) is 14.6. The summed E-state index contributed by atoms with van der Waals surface area (Å²) in [6.07, 6.45) is 1.27. The Morgan fingerprint density at radius 2 is 2.32 bits per heavy atom. The highest BCUT2D eigenvalue weighted by Crippen LogP contribution is 2.15. The smallest absolute Gasteiger partial charge is 0.193 e. The highest BCUT2D eigenvalue weighted by molar-refractivity contribution is 6.30. The third-order valence-electron chi connectivity index (χ3n) is 4.25. The van der Waals surface area contributed by atoms with Crippen molar-refractivity contribution in [2.45, 2.75) is 19.9 Å². The molecule has 1 unspecified atom stereocenters. The van der Waals surface area contributed by atoms with Gasteiger partial charge in [0.25, 0.3) is 0 Å². The van der Waals surface area contributed by atoms with Crippen LogP contribution in [0.2, 0.25) is 5.02 Å². The van der Waals surface area contributed by atoms with Gasteiger partial charge in [-0.1, -0.05) is 30.7 Å². The van der Waals surface area contributed by atoms with Crippen molar-refractivity contribution in [3.05, 3.63) is 34.9 Å². The lowest BCUT2D eigenvalue weighted by molar-refractivity contribution is 0.340. The number of hydrogen-bond acceptors (Lipinski definition) is 2. The molecule has 0 amide bonds. The summed E-state index contributed by atoms with van der Waals surface area (Å²) in [5.74, 6) is 1.66. The summed E-state index contributed by atoms with van der Waals surface area (Å²) in [5, 5.41) is 4.28. The second kappa shape index (κ2) is 8.39. The predicted molar refractivity (Wildman–Crippen MR) is 94.5 cm³/mol. The fraction of sp³-hybridized carbons (Fsp3) is 0.588. The first-order valence-electron chi connectivity index (χ1n) is 8.01. The molecule has 1 saturated heterocycles. The van der Waals surface area contributed by atoms with E-state index in [0.717, 1.165) is 36.5 Å². The van der Waals surface area contributed by atoms with Gasteiger partial charge >= 0.3 is 0 Å². The molecule has 2 rings (SSSR count). The molecule has 1 aromatic carbocycles. The van der Waals surface area contributed by atoms with Gasteiger partial charge in [-0.05, 0) is 43.1 Å². The second-order valence-corrected chi connectivity index (χ2v) is 6.40. The minimum Gasteiger partial charge on any atom is -0.356 e. The topological polar surface area (TPSA) is 30.9 Å².